The molecule has 1 aromatic heterocycles. The Labute approximate surface area is 159 Å². The zero-order chi connectivity index (χ0) is 18.8. The Hall–Kier alpha value is -1.93. The summed E-state index contributed by atoms with van der Waals surface area (Å²) in [6.45, 7) is 4.55. The summed E-state index contributed by atoms with van der Waals surface area (Å²) < 4.78 is 6.71. The van der Waals surface area contributed by atoms with Crippen LogP contribution in [0.5, 0.6) is 5.88 Å². The third-order valence-electron chi connectivity index (χ3n) is 6.33. The normalized spacial score (nSPS) is 25.2. The molecule has 4 rings (SSSR count). The monoisotopic (exact) mass is 375 g/mol. The highest BCUT2D eigenvalue weighted by atomic mass is 16.6. The molecule has 0 aromatic carbocycles. The third-order valence-corrected chi connectivity index (χ3v) is 6.33. The Balaban J connectivity index is 1.48. The van der Waals surface area contributed by atoms with Gasteiger partial charge in [0.15, 0.2) is 0 Å². The number of piperidine rings is 1. The molecule has 0 bridgehead atoms. The molecule has 8 nitrogen and oxygen atoms in total. The van der Waals surface area contributed by atoms with Crippen LogP contribution in [0.4, 0.5) is 4.79 Å². The molecule has 1 saturated carbocycles. The van der Waals surface area contributed by atoms with Crippen molar-refractivity contribution in [2.75, 3.05) is 32.7 Å². The average Bonchev–Trinajstić information content (AvgIpc) is 2.64. The summed E-state index contributed by atoms with van der Waals surface area (Å²) in [5.41, 5.74) is -0.225. The quantitative estimate of drug-likeness (QED) is 0.843. The maximum atomic E-state index is 12.9. The second kappa shape index (κ2) is 7.98. The molecule has 27 heavy (non-hydrogen) atoms. The van der Waals surface area contributed by atoms with Crippen LogP contribution in [-0.2, 0) is 7.05 Å². The van der Waals surface area contributed by atoms with Crippen LogP contribution < -0.4 is 15.6 Å². The number of hydrogen-bond donors (Lipinski definition) is 1. The minimum atomic E-state index is -0.349. The van der Waals surface area contributed by atoms with Crippen molar-refractivity contribution >= 4 is 6.09 Å². The van der Waals surface area contributed by atoms with Crippen molar-refractivity contribution in [3.8, 4) is 5.88 Å². The summed E-state index contributed by atoms with van der Waals surface area (Å²) in [5, 5.41) is 7.44. The molecule has 1 N–H and O–H groups in total. The van der Waals surface area contributed by atoms with E-state index in [1.165, 1.54) is 36.1 Å². The van der Waals surface area contributed by atoms with E-state index in [1.54, 1.807) is 7.05 Å². The first kappa shape index (κ1) is 18.4. The smallest absolute Gasteiger partial charge is 0.390 e. The first-order valence-electron chi connectivity index (χ1n) is 10.1. The van der Waals surface area contributed by atoms with Crippen molar-refractivity contribution in [1.29, 1.82) is 0 Å². The lowest BCUT2D eigenvalue weighted by Gasteiger charge is -2.49. The molecule has 3 fully saturated rings. The highest BCUT2D eigenvalue weighted by Gasteiger charge is 2.40. The second-order valence-corrected chi connectivity index (χ2v) is 7.93. The summed E-state index contributed by atoms with van der Waals surface area (Å²) in [6, 6.07) is 3.71. The van der Waals surface area contributed by atoms with E-state index in [4.69, 9.17) is 4.74 Å². The van der Waals surface area contributed by atoms with E-state index in [0.29, 0.717) is 18.5 Å². The van der Waals surface area contributed by atoms with Crippen LogP contribution >= 0.6 is 0 Å². The summed E-state index contributed by atoms with van der Waals surface area (Å²) in [6.07, 6.45) is 5.72. The highest BCUT2D eigenvalue weighted by molar-refractivity contribution is 5.70. The van der Waals surface area contributed by atoms with Crippen LogP contribution in [0.1, 0.15) is 32.1 Å². The summed E-state index contributed by atoms with van der Waals surface area (Å²) in [7, 11) is 1.55. The number of hydrogen-bond acceptors (Lipinski definition) is 6. The molecule has 1 aromatic rings. The molecule has 0 radical (unpaired) electrons. The highest BCUT2D eigenvalue weighted by Crippen LogP contribution is 2.31. The summed E-state index contributed by atoms with van der Waals surface area (Å²) >= 11 is 0. The van der Waals surface area contributed by atoms with Gasteiger partial charge in [-0.15, -0.1) is 5.10 Å². The van der Waals surface area contributed by atoms with E-state index in [1.807, 2.05) is 4.90 Å². The van der Waals surface area contributed by atoms with Crippen LogP contribution in [0.25, 0.3) is 0 Å². The van der Waals surface area contributed by atoms with Gasteiger partial charge in [-0.25, -0.2) is 9.48 Å². The Bertz CT molecular complexity index is 726. The lowest BCUT2D eigenvalue weighted by molar-refractivity contribution is 0.00435. The van der Waals surface area contributed by atoms with E-state index in [2.05, 4.69) is 15.3 Å². The first-order valence-corrected chi connectivity index (χ1v) is 10.1. The zero-order valence-corrected chi connectivity index (χ0v) is 16.0. The van der Waals surface area contributed by atoms with E-state index < -0.39 is 0 Å². The Morgan fingerprint density at radius 3 is 2.63 bits per heavy atom. The number of aromatic nitrogens is 2. The molecule has 2 saturated heterocycles. The number of rotatable bonds is 3. The van der Waals surface area contributed by atoms with E-state index >= 15 is 0 Å². The number of aryl methyl sites for hydroxylation is 1. The lowest BCUT2D eigenvalue weighted by atomic mass is 9.85. The Kier molecular flexibility index (Phi) is 5.45. The standard InChI is InChI=1S/C19H29N5O3/c1-22-18(25)6-5-17(21-22)27-19(26)24-12-11-23(15-3-2-4-15)13-16(24)14-7-9-20-10-8-14/h5-6,14-16,20H,2-4,7-13H2,1H3. The lowest BCUT2D eigenvalue weighted by Crippen LogP contribution is -2.62. The third kappa shape index (κ3) is 4.01. The van der Waals surface area contributed by atoms with Crippen molar-refractivity contribution in [2.24, 2.45) is 13.0 Å². The van der Waals surface area contributed by atoms with Gasteiger partial charge in [-0.2, -0.15) is 0 Å². The van der Waals surface area contributed by atoms with Gasteiger partial charge in [-0.3, -0.25) is 9.69 Å². The van der Waals surface area contributed by atoms with Crippen molar-refractivity contribution in [1.82, 2.24) is 24.9 Å². The molecule has 1 aliphatic carbocycles. The fraction of sp³-hybridized carbons (Fsp3) is 0.737. The number of amides is 1. The molecule has 1 unspecified atom stereocenters. The van der Waals surface area contributed by atoms with Crippen molar-refractivity contribution < 1.29 is 9.53 Å². The molecule has 8 heteroatoms. The van der Waals surface area contributed by atoms with E-state index in [0.717, 1.165) is 39.0 Å². The Morgan fingerprint density at radius 1 is 1.19 bits per heavy atom. The van der Waals surface area contributed by atoms with Crippen molar-refractivity contribution in [3.63, 3.8) is 0 Å². The molecule has 3 heterocycles. The molecule has 1 amide bonds. The van der Waals surface area contributed by atoms with Crippen molar-refractivity contribution in [2.45, 2.75) is 44.2 Å². The minimum Gasteiger partial charge on any atom is -0.390 e. The van der Waals surface area contributed by atoms with Gasteiger partial charge >= 0.3 is 6.09 Å². The van der Waals surface area contributed by atoms with Gasteiger partial charge in [0.25, 0.3) is 5.56 Å². The van der Waals surface area contributed by atoms with Crippen molar-refractivity contribution in [3.05, 3.63) is 22.5 Å². The number of nitrogens with one attached hydrogen (secondary N) is 1. The topological polar surface area (TPSA) is 79.7 Å². The van der Waals surface area contributed by atoms with E-state index in [9.17, 15) is 9.59 Å². The summed E-state index contributed by atoms with van der Waals surface area (Å²) in [4.78, 5) is 28.9. The largest absolute Gasteiger partial charge is 0.416 e. The SMILES string of the molecule is Cn1nc(OC(=O)N2CCN(C3CCC3)CC2C2CCNCC2)ccc1=O. The van der Waals surface area contributed by atoms with Crippen LogP contribution in [0, 0.1) is 5.92 Å². The number of carbonyl (C=O) groups excluding carboxylic acids is 1. The van der Waals surface area contributed by atoms with Crippen LogP contribution in [0.3, 0.4) is 0 Å². The molecule has 3 aliphatic rings. The molecular weight excluding hydrogens is 346 g/mol. The maximum absolute atomic E-state index is 12.9. The van der Waals surface area contributed by atoms with Gasteiger partial charge in [-0.1, -0.05) is 6.42 Å². The van der Waals surface area contributed by atoms with Crippen LogP contribution in [-0.4, -0.2) is 70.5 Å². The minimum absolute atomic E-state index is 0.174. The molecule has 148 valence electrons. The second-order valence-electron chi connectivity index (χ2n) is 7.93. The molecule has 0 spiro atoms. The van der Waals surface area contributed by atoms with Crippen LogP contribution in [0.2, 0.25) is 0 Å². The average molecular weight is 375 g/mol. The van der Waals surface area contributed by atoms with Crippen LogP contribution in [0.15, 0.2) is 16.9 Å². The van der Waals surface area contributed by atoms with Gasteiger partial charge in [0, 0.05) is 44.9 Å². The van der Waals surface area contributed by atoms with Gasteiger partial charge in [-0.05, 0) is 44.7 Å². The number of ether oxygens (including phenoxy) is 1. The fourth-order valence-electron chi connectivity index (χ4n) is 4.46. The first-order chi connectivity index (χ1) is 13.1. The zero-order valence-electron chi connectivity index (χ0n) is 16.0. The number of nitrogens with zero attached hydrogens (tertiary/aromatic N) is 4. The predicted molar refractivity (Wildman–Crippen MR) is 101 cm³/mol. The van der Waals surface area contributed by atoms with Gasteiger partial charge in [0.1, 0.15) is 0 Å². The van der Waals surface area contributed by atoms with E-state index in [-0.39, 0.29) is 23.6 Å². The Morgan fingerprint density at radius 2 is 1.96 bits per heavy atom. The number of piperazine rings is 1. The maximum Gasteiger partial charge on any atom is 0.416 e. The molecular formula is C19H29N5O3. The fourth-order valence-corrected chi connectivity index (χ4v) is 4.46. The van der Waals surface area contributed by atoms with Gasteiger partial charge in [0.05, 0.1) is 6.04 Å². The molecule has 2 aliphatic heterocycles. The summed E-state index contributed by atoms with van der Waals surface area (Å²) in [5.74, 6) is 0.669. The number of carbonyl (C=O) groups is 1. The predicted octanol–water partition coefficient (Wildman–Crippen LogP) is 0.817. The van der Waals surface area contributed by atoms with Gasteiger partial charge in [0.2, 0.25) is 5.88 Å². The molecule has 1 atom stereocenters. The van der Waals surface area contributed by atoms with Gasteiger partial charge < -0.3 is 15.0 Å².